The lowest BCUT2D eigenvalue weighted by Crippen LogP contribution is -2.24. The Morgan fingerprint density at radius 1 is 1.16 bits per heavy atom. The molecule has 0 saturated carbocycles. The van der Waals surface area contributed by atoms with Crippen LogP contribution in [0, 0.1) is 6.92 Å². The van der Waals surface area contributed by atoms with E-state index in [4.69, 9.17) is 4.42 Å². The molecule has 2 heterocycles. The summed E-state index contributed by atoms with van der Waals surface area (Å²) in [5, 5.41) is 7.72. The van der Waals surface area contributed by atoms with Gasteiger partial charge in [-0.2, -0.15) is 0 Å². The number of nitrogens with zero attached hydrogens (tertiary/aromatic N) is 4. The third kappa shape index (κ3) is 1.85. The van der Waals surface area contributed by atoms with Crippen molar-refractivity contribution in [3.8, 4) is 0 Å². The minimum atomic E-state index is -0.0560. The van der Waals surface area contributed by atoms with Crippen LogP contribution in [0.5, 0.6) is 0 Å². The van der Waals surface area contributed by atoms with E-state index < -0.39 is 0 Å². The number of hydrogen-bond donors (Lipinski definition) is 0. The Balaban J connectivity index is 2.18. The van der Waals surface area contributed by atoms with Gasteiger partial charge in [0.05, 0.1) is 11.0 Å². The maximum Gasteiger partial charge on any atom is 0.329 e. The lowest BCUT2D eigenvalue weighted by molar-refractivity contribution is 0.452. The summed E-state index contributed by atoms with van der Waals surface area (Å²) in [6.07, 6.45) is 0. The van der Waals surface area contributed by atoms with Gasteiger partial charge in [0.15, 0.2) is 0 Å². The summed E-state index contributed by atoms with van der Waals surface area (Å²) in [4.78, 5) is 12.4. The molecule has 0 saturated heterocycles. The average Bonchev–Trinajstić information content (AvgIpc) is 2.93. The number of hydrogen-bond acceptors (Lipinski definition) is 4. The van der Waals surface area contributed by atoms with Gasteiger partial charge in [-0.3, -0.25) is 9.13 Å². The van der Waals surface area contributed by atoms with Gasteiger partial charge in [-0.15, -0.1) is 10.2 Å². The standard InChI is InChI=1S/C13H14N4O2/c1-3-16-10-6-4-5-7-11(10)17(13(16)18)8-12-15-14-9(2)19-12/h4-7H,3,8H2,1-2H3. The van der Waals surface area contributed by atoms with E-state index >= 15 is 0 Å². The Morgan fingerprint density at radius 2 is 1.84 bits per heavy atom. The van der Waals surface area contributed by atoms with Crippen LogP contribution in [0.25, 0.3) is 11.0 Å². The molecule has 6 nitrogen and oxygen atoms in total. The molecule has 2 aromatic heterocycles. The summed E-state index contributed by atoms with van der Waals surface area (Å²) in [7, 11) is 0. The van der Waals surface area contributed by atoms with E-state index in [1.807, 2.05) is 31.2 Å². The van der Waals surface area contributed by atoms with Crippen molar-refractivity contribution in [2.75, 3.05) is 0 Å². The molecule has 0 radical (unpaired) electrons. The van der Waals surface area contributed by atoms with Gasteiger partial charge in [-0.1, -0.05) is 12.1 Å². The number of para-hydroxylation sites is 2. The Bertz CT molecular complexity index is 781. The van der Waals surface area contributed by atoms with Crippen LogP contribution in [0.1, 0.15) is 18.7 Å². The summed E-state index contributed by atoms with van der Waals surface area (Å²) in [5.74, 6) is 0.945. The Labute approximate surface area is 109 Å². The first-order valence-corrected chi connectivity index (χ1v) is 6.17. The lowest BCUT2D eigenvalue weighted by atomic mass is 10.3. The first-order valence-electron chi connectivity index (χ1n) is 6.17. The van der Waals surface area contributed by atoms with E-state index in [-0.39, 0.29) is 5.69 Å². The fourth-order valence-electron chi connectivity index (χ4n) is 2.27. The third-order valence-electron chi connectivity index (χ3n) is 3.10. The zero-order chi connectivity index (χ0) is 13.4. The van der Waals surface area contributed by atoms with Gasteiger partial charge in [0.1, 0.15) is 6.54 Å². The maximum absolute atomic E-state index is 12.4. The molecule has 0 bridgehead atoms. The second-order valence-corrected chi connectivity index (χ2v) is 4.32. The van der Waals surface area contributed by atoms with Gasteiger partial charge in [0.2, 0.25) is 11.8 Å². The van der Waals surface area contributed by atoms with E-state index in [1.54, 1.807) is 16.1 Å². The largest absolute Gasteiger partial charge is 0.424 e. The molecule has 0 atom stereocenters. The molecule has 0 N–H and O–H groups in total. The van der Waals surface area contributed by atoms with E-state index in [1.165, 1.54) is 0 Å². The van der Waals surface area contributed by atoms with Crippen LogP contribution in [0.4, 0.5) is 0 Å². The smallest absolute Gasteiger partial charge is 0.329 e. The summed E-state index contributed by atoms with van der Waals surface area (Å²) in [5.41, 5.74) is 1.75. The van der Waals surface area contributed by atoms with E-state index in [0.29, 0.717) is 24.9 Å². The van der Waals surface area contributed by atoms with Crippen molar-refractivity contribution >= 4 is 11.0 Å². The molecule has 0 aliphatic carbocycles. The molecule has 0 fully saturated rings. The van der Waals surface area contributed by atoms with Gasteiger partial charge in [0, 0.05) is 13.5 Å². The molecule has 1 aromatic carbocycles. The van der Waals surface area contributed by atoms with Crippen LogP contribution in [0.15, 0.2) is 33.5 Å². The average molecular weight is 258 g/mol. The minimum absolute atomic E-state index is 0.0560. The van der Waals surface area contributed by atoms with Crippen molar-refractivity contribution in [1.82, 2.24) is 19.3 Å². The lowest BCUT2D eigenvalue weighted by Gasteiger charge is -1.98. The molecule has 0 amide bonds. The minimum Gasteiger partial charge on any atom is -0.424 e. The fourth-order valence-corrected chi connectivity index (χ4v) is 2.27. The van der Waals surface area contributed by atoms with Gasteiger partial charge >= 0.3 is 5.69 Å². The summed E-state index contributed by atoms with van der Waals surface area (Å²) in [6, 6.07) is 7.70. The molecule has 6 heteroatoms. The van der Waals surface area contributed by atoms with Crippen LogP contribution in [-0.4, -0.2) is 19.3 Å². The quantitative estimate of drug-likeness (QED) is 0.715. The normalized spacial score (nSPS) is 11.3. The van der Waals surface area contributed by atoms with E-state index in [9.17, 15) is 4.79 Å². The number of benzene rings is 1. The molecule has 19 heavy (non-hydrogen) atoms. The predicted octanol–water partition coefficient (Wildman–Crippen LogP) is 1.56. The number of aryl methyl sites for hydroxylation is 2. The van der Waals surface area contributed by atoms with Crippen LogP contribution in [0.2, 0.25) is 0 Å². The molecule has 0 spiro atoms. The first kappa shape index (κ1) is 11.7. The summed E-state index contributed by atoms with van der Waals surface area (Å²) >= 11 is 0. The maximum atomic E-state index is 12.4. The highest BCUT2D eigenvalue weighted by molar-refractivity contribution is 5.76. The molecule has 0 unspecified atom stereocenters. The van der Waals surface area contributed by atoms with Crippen molar-refractivity contribution in [3.63, 3.8) is 0 Å². The number of fused-ring (bicyclic) bond motifs is 1. The molecule has 3 aromatic rings. The third-order valence-corrected chi connectivity index (χ3v) is 3.10. The fraction of sp³-hybridized carbons (Fsp3) is 0.308. The topological polar surface area (TPSA) is 65.8 Å². The van der Waals surface area contributed by atoms with Crippen LogP contribution in [-0.2, 0) is 13.1 Å². The van der Waals surface area contributed by atoms with Gasteiger partial charge in [-0.05, 0) is 19.1 Å². The number of imidazole rings is 1. The number of aromatic nitrogens is 4. The summed E-state index contributed by atoms with van der Waals surface area (Å²) < 4.78 is 8.74. The highest BCUT2D eigenvalue weighted by atomic mass is 16.4. The van der Waals surface area contributed by atoms with Crippen molar-refractivity contribution in [2.45, 2.75) is 26.9 Å². The zero-order valence-electron chi connectivity index (χ0n) is 10.8. The number of rotatable bonds is 3. The van der Waals surface area contributed by atoms with Crippen LogP contribution in [0.3, 0.4) is 0 Å². The SMILES string of the molecule is CCn1c(=O)n(Cc2nnc(C)o2)c2ccccc21. The predicted molar refractivity (Wildman–Crippen MR) is 70.0 cm³/mol. The Morgan fingerprint density at radius 3 is 2.42 bits per heavy atom. The van der Waals surface area contributed by atoms with Crippen molar-refractivity contribution in [2.24, 2.45) is 0 Å². The molecule has 0 aliphatic rings. The van der Waals surface area contributed by atoms with Gasteiger partial charge in [-0.25, -0.2) is 4.79 Å². The van der Waals surface area contributed by atoms with Crippen molar-refractivity contribution in [3.05, 3.63) is 46.5 Å². The van der Waals surface area contributed by atoms with Crippen molar-refractivity contribution < 1.29 is 4.42 Å². The second-order valence-electron chi connectivity index (χ2n) is 4.32. The molecular formula is C13H14N4O2. The molecule has 0 aliphatic heterocycles. The van der Waals surface area contributed by atoms with E-state index in [0.717, 1.165) is 11.0 Å². The summed E-state index contributed by atoms with van der Waals surface area (Å²) in [6.45, 7) is 4.62. The van der Waals surface area contributed by atoms with Crippen molar-refractivity contribution in [1.29, 1.82) is 0 Å². The Hall–Kier alpha value is -2.37. The van der Waals surface area contributed by atoms with Crippen LogP contribution < -0.4 is 5.69 Å². The second kappa shape index (κ2) is 4.38. The zero-order valence-corrected chi connectivity index (χ0v) is 10.8. The van der Waals surface area contributed by atoms with Gasteiger partial charge < -0.3 is 4.42 Å². The van der Waals surface area contributed by atoms with E-state index in [2.05, 4.69) is 10.2 Å². The molecular weight excluding hydrogens is 244 g/mol. The Kier molecular flexibility index (Phi) is 2.70. The first-order chi connectivity index (χ1) is 9.20. The highest BCUT2D eigenvalue weighted by Gasteiger charge is 2.13. The van der Waals surface area contributed by atoms with Gasteiger partial charge in [0.25, 0.3) is 0 Å². The molecule has 98 valence electrons. The monoisotopic (exact) mass is 258 g/mol. The highest BCUT2D eigenvalue weighted by Crippen LogP contribution is 2.14. The van der Waals surface area contributed by atoms with Crippen LogP contribution >= 0.6 is 0 Å². The molecule has 3 rings (SSSR count).